The van der Waals surface area contributed by atoms with E-state index in [4.69, 9.17) is 0 Å². The van der Waals surface area contributed by atoms with Crippen LogP contribution in [0.15, 0.2) is 48.0 Å². The van der Waals surface area contributed by atoms with Crippen LogP contribution in [0.25, 0.3) is 5.57 Å². The largest absolute Gasteiger partial charge is 0.408 e. The number of hydrogen-bond donors (Lipinski definition) is 1. The van der Waals surface area contributed by atoms with Crippen LogP contribution in [0, 0.1) is 0 Å². The van der Waals surface area contributed by atoms with Gasteiger partial charge in [-0.3, -0.25) is 9.48 Å². The summed E-state index contributed by atoms with van der Waals surface area (Å²) < 4.78 is 60.3. The number of nitrogens with one attached hydrogen (secondary N) is 1. The minimum atomic E-state index is -4.42. The molecule has 0 aliphatic rings. The van der Waals surface area contributed by atoms with E-state index in [0.29, 0.717) is 10.2 Å². The molecule has 0 aliphatic carbocycles. The molecule has 0 unspecified atom stereocenters. The Morgan fingerprint density at radius 1 is 1.24 bits per heavy atom. The minimum absolute atomic E-state index is 0.0189. The van der Waals surface area contributed by atoms with E-state index < -0.39 is 28.5 Å². The molecule has 1 aromatic heterocycles. The predicted molar refractivity (Wildman–Crippen MR) is 85.5 cm³/mol. The first-order valence-corrected chi connectivity index (χ1v) is 8.76. The van der Waals surface area contributed by atoms with Crippen molar-refractivity contribution in [3.63, 3.8) is 0 Å². The number of amides is 1. The first-order chi connectivity index (χ1) is 11.5. The Balaban J connectivity index is 2.07. The molecule has 0 saturated heterocycles. The molecule has 0 atom stereocenters. The topological polar surface area (TPSA) is 81.1 Å². The predicted octanol–water partition coefficient (Wildman–Crippen LogP) is 2.50. The van der Waals surface area contributed by atoms with Gasteiger partial charge in [0.2, 0.25) is 0 Å². The van der Waals surface area contributed by atoms with Crippen molar-refractivity contribution in [2.45, 2.75) is 17.6 Å². The van der Waals surface area contributed by atoms with Crippen LogP contribution in [0.1, 0.15) is 5.56 Å². The molecule has 0 radical (unpaired) electrons. The van der Waals surface area contributed by atoms with Crippen molar-refractivity contribution in [2.75, 3.05) is 11.6 Å². The molecule has 1 heterocycles. The van der Waals surface area contributed by atoms with Crippen LogP contribution in [0.4, 0.5) is 19.0 Å². The Hall–Kier alpha value is -2.62. The fraction of sp³-hybridized carbons (Fsp3) is 0.200. The van der Waals surface area contributed by atoms with Gasteiger partial charge in [0.25, 0.3) is 5.91 Å². The lowest BCUT2D eigenvalue weighted by Crippen LogP contribution is -2.19. The van der Waals surface area contributed by atoms with Crippen molar-refractivity contribution in [1.29, 1.82) is 0 Å². The summed E-state index contributed by atoms with van der Waals surface area (Å²) in [5, 5.41) is 5.94. The Bertz CT molecular complexity index is 900. The summed E-state index contributed by atoms with van der Waals surface area (Å²) in [5.41, 5.74) is 0.394. The second kappa shape index (κ2) is 6.71. The standard InChI is InChI=1S/C15H14F3N3O3S/c1-10(11-3-5-12(6-4-11)25(2,23)24)14(22)19-13-7-8-21(20-13)9-15(16,17)18/h3-8H,1,9H2,2H3,(H,19,20,22). The van der Waals surface area contributed by atoms with E-state index in [1.165, 1.54) is 30.3 Å². The van der Waals surface area contributed by atoms with Crippen LogP contribution in [0.5, 0.6) is 0 Å². The molecular formula is C15H14F3N3O3S. The summed E-state index contributed by atoms with van der Waals surface area (Å²) in [6, 6.07) is 6.73. The van der Waals surface area contributed by atoms with Crippen molar-refractivity contribution in [2.24, 2.45) is 0 Å². The molecule has 25 heavy (non-hydrogen) atoms. The molecule has 10 heteroatoms. The number of halogens is 3. The van der Waals surface area contributed by atoms with Gasteiger partial charge in [-0.15, -0.1) is 0 Å². The molecule has 134 valence electrons. The van der Waals surface area contributed by atoms with Gasteiger partial charge in [-0.05, 0) is 17.7 Å². The first kappa shape index (κ1) is 18.7. The van der Waals surface area contributed by atoms with E-state index in [9.17, 15) is 26.4 Å². The monoisotopic (exact) mass is 373 g/mol. The summed E-state index contributed by atoms with van der Waals surface area (Å²) in [4.78, 5) is 12.2. The maximum atomic E-state index is 12.3. The maximum Gasteiger partial charge on any atom is 0.408 e. The molecule has 1 amide bonds. The summed E-state index contributed by atoms with van der Waals surface area (Å²) in [5.74, 6) is -0.715. The molecular weight excluding hydrogens is 359 g/mol. The van der Waals surface area contributed by atoms with Gasteiger partial charge in [0, 0.05) is 24.1 Å². The smallest absolute Gasteiger partial charge is 0.305 e. The molecule has 2 aromatic rings. The van der Waals surface area contributed by atoms with E-state index >= 15 is 0 Å². The van der Waals surface area contributed by atoms with Crippen molar-refractivity contribution in [3.05, 3.63) is 48.7 Å². The van der Waals surface area contributed by atoms with E-state index in [0.717, 1.165) is 12.5 Å². The lowest BCUT2D eigenvalue weighted by molar-refractivity contribution is -0.142. The summed E-state index contributed by atoms with van der Waals surface area (Å²) in [6.45, 7) is 2.34. The van der Waals surface area contributed by atoms with Crippen molar-refractivity contribution in [3.8, 4) is 0 Å². The number of hydrogen-bond acceptors (Lipinski definition) is 4. The van der Waals surface area contributed by atoms with Gasteiger partial charge in [0.15, 0.2) is 15.7 Å². The molecule has 2 rings (SSSR count). The van der Waals surface area contributed by atoms with Crippen molar-refractivity contribution < 1.29 is 26.4 Å². The van der Waals surface area contributed by atoms with Crippen molar-refractivity contribution >= 4 is 27.1 Å². The van der Waals surface area contributed by atoms with Crippen LogP contribution in [0.3, 0.4) is 0 Å². The summed E-state index contributed by atoms with van der Waals surface area (Å²) in [6.07, 6.45) is -2.27. The Morgan fingerprint density at radius 3 is 2.36 bits per heavy atom. The highest BCUT2D eigenvalue weighted by molar-refractivity contribution is 7.90. The molecule has 0 saturated carbocycles. The van der Waals surface area contributed by atoms with Gasteiger partial charge < -0.3 is 5.32 Å². The number of aromatic nitrogens is 2. The molecule has 0 spiro atoms. The first-order valence-electron chi connectivity index (χ1n) is 6.87. The number of alkyl halides is 3. The molecule has 0 aliphatic heterocycles. The highest BCUT2D eigenvalue weighted by Gasteiger charge is 2.28. The van der Waals surface area contributed by atoms with E-state index in [1.807, 2.05) is 0 Å². The van der Waals surface area contributed by atoms with Gasteiger partial charge in [0.1, 0.15) is 6.54 Å². The zero-order chi connectivity index (χ0) is 18.8. The lowest BCUT2D eigenvalue weighted by Gasteiger charge is -2.07. The fourth-order valence-corrected chi connectivity index (χ4v) is 2.56. The Labute approximate surface area is 141 Å². The van der Waals surface area contributed by atoms with Gasteiger partial charge in [-0.1, -0.05) is 18.7 Å². The van der Waals surface area contributed by atoms with Gasteiger partial charge in [0.05, 0.1) is 4.90 Å². The number of benzene rings is 1. The third kappa shape index (κ3) is 5.18. The minimum Gasteiger partial charge on any atom is -0.305 e. The second-order valence-corrected chi connectivity index (χ2v) is 7.26. The Morgan fingerprint density at radius 2 is 1.84 bits per heavy atom. The van der Waals surface area contributed by atoms with E-state index in [2.05, 4.69) is 17.0 Å². The third-order valence-electron chi connectivity index (χ3n) is 3.13. The zero-order valence-electron chi connectivity index (χ0n) is 13.0. The van der Waals surface area contributed by atoms with Crippen LogP contribution < -0.4 is 5.32 Å². The molecule has 0 bridgehead atoms. The normalized spacial score (nSPS) is 12.0. The van der Waals surface area contributed by atoms with Crippen LogP contribution in [-0.2, 0) is 21.2 Å². The quantitative estimate of drug-likeness (QED) is 0.817. The fourth-order valence-electron chi connectivity index (χ4n) is 1.93. The summed E-state index contributed by atoms with van der Waals surface area (Å²) in [7, 11) is -3.36. The zero-order valence-corrected chi connectivity index (χ0v) is 13.9. The number of sulfone groups is 1. The molecule has 0 fully saturated rings. The molecule has 6 nitrogen and oxygen atoms in total. The number of carbonyl (C=O) groups excluding carboxylic acids is 1. The van der Waals surface area contributed by atoms with E-state index in [1.54, 1.807) is 0 Å². The van der Waals surface area contributed by atoms with Crippen LogP contribution in [0.2, 0.25) is 0 Å². The van der Waals surface area contributed by atoms with E-state index in [-0.39, 0.29) is 16.3 Å². The molecule has 1 N–H and O–H groups in total. The third-order valence-corrected chi connectivity index (χ3v) is 4.26. The second-order valence-electron chi connectivity index (χ2n) is 5.24. The average Bonchev–Trinajstić information content (AvgIpc) is 2.90. The average molecular weight is 373 g/mol. The van der Waals surface area contributed by atoms with Gasteiger partial charge in [-0.25, -0.2) is 8.42 Å². The number of nitrogens with zero attached hydrogens (tertiary/aromatic N) is 2. The molecule has 1 aromatic carbocycles. The highest BCUT2D eigenvalue weighted by atomic mass is 32.2. The summed E-state index contributed by atoms with van der Waals surface area (Å²) >= 11 is 0. The number of anilines is 1. The number of carbonyl (C=O) groups is 1. The highest BCUT2D eigenvalue weighted by Crippen LogP contribution is 2.19. The number of rotatable bonds is 5. The Kier molecular flexibility index (Phi) is 5.02. The SMILES string of the molecule is C=C(C(=O)Nc1ccn(CC(F)(F)F)n1)c1ccc(S(C)(=O)=O)cc1. The lowest BCUT2D eigenvalue weighted by atomic mass is 10.1. The van der Waals surface area contributed by atoms with Crippen molar-refractivity contribution in [1.82, 2.24) is 9.78 Å². The van der Waals surface area contributed by atoms with Gasteiger partial charge >= 0.3 is 6.18 Å². The van der Waals surface area contributed by atoms with Crippen LogP contribution >= 0.6 is 0 Å². The maximum absolute atomic E-state index is 12.3. The van der Waals surface area contributed by atoms with Gasteiger partial charge in [-0.2, -0.15) is 18.3 Å². The van der Waals surface area contributed by atoms with Crippen LogP contribution in [-0.4, -0.2) is 36.5 Å².